The van der Waals surface area contributed by atoms with Gasteiger partial charge in [0.05, 0.1) is 11.6 Å². The summed E-state index contributed by atoms with van der Waals surface area (Å²) >= 11 is 0. The molecule has 2 heterocycles. The van der Waals surface area contributed by atoms with Gasteiger partial charge in [-0.25, -0.2) is 0 Å². The SMILES string of the molecule is N#Cc1cccc(CC2=CC3CCCC(C2)N3Cc2ccccc2)c1. The van der Waals surface area contributed by atoms with Crippen molar-refractivity contribution in [3.8, 4) is 6.07 Å². The predicted octanol–water partition coefficient (Wildman–Crippen LogP) is 4.85. The highest BCUT2D eigenvalue weighted by Gasteiger charge is 2.33. The maximum absolute atomic E-state index is 9.10. The fourth-order valence-corrected chi connectivity index (χ4v) is 4.39. The summed E-state index contributed by atoms with van der Waals surface area (Å²) in [6.45, 7) is 1.06. The van der Waals surface area contributed by atoms with Gasteiger partial charge in [-0.3, -0.25) is 4.90 Å². The normalized spacial score (nSPS) is 22.9. The van der Waals surface area contributed by atoms with Gasteiger partial charge >= 0.3 is 0 Å². The van der Waals surface area contributed by atoms with E-state index >= 15 is 0 Å². The minimum absolute atomic E-state index is 0.571. The Bertz CT molecular complexity index is 800. The van der Waals surface area contributed by atoms with E-state index in [0.29, 0.717) is 12.1 Å². The largest absolute Gasteiger partial charge is 0.289 e. The van der Waals surface area contributed by atoms with Crippen LogP contribution in [0.5, 0.6) is 0 Å². The van der Waals surface area contributed by atoms with Crippen molar-refractivity contribution in [1.82, 2.24) is 4.90 Å². The molecule has 2 heteroatoms. The van der Waals surface area contributed by atoms with E-state index in [4.69, 9.17) is 5.26 Å². The van der Waals surface area contributed by atoms with E-state index in [1.54, 1.807) is 5.57 Å². The summed E-state index contributed by atoms with van der Waals surface area (Å²) in [5, 5.41) is 9.10. The van der Waals surface area contributed by atoms with Crippen molar-refractivity contribution in [2.75, 3.05) is 0 Å². The first-order chi connectivity index (χ1) is 12.3. The number of hydrogen-bond donors (Lipinski definition) is 0. The smallest absolute Gasteiger partial charge is 0.0991 e. The number of rotatable bonds is 4. The van der Waals surface area contributed by atoms with E-state index < -0.39 is 0 Å². The van der Waals surface area contributed by atoms with Crippen LogP contribution in [0.2, 0.25) is 0 Å². The van der Waals surface area contributed by atoms with Gasteiger partial charge in [-0.15, -0.1) is 0 Å². The van der Waals surface area contributed by atoms with Crippen molar-refractivity contribution in [3.63, 3.8) is 0 Å². The molecule has 126 valence electrons. The highest BCUT2D eigenvalue weighted by Crippen LogP contribution is 2.35. The van der Waals surface area contributed by atoms with Crippen LogP contribution < -0.4 is 0 Å². The van der Waals surface area contributed by atoms with Crippen molar-refractivity contribution >= 4 is 0 Å². The molecule has 2 bridgehead atoms. The van der Waals surface area contributed by atoms with E-state index in [-0.39, 0.29) is 0 Å². The maximum atomic E-state index is 9.10. The molecule has 25 heavy (non-hydrogen) atoms. The summed E-state index contributed by atoms with van der Waals surface area (Å²) in [6.07, 6.45) is 8.58. The van der Waals surface area contributed by atoms with Crippen LogP contribution in [0.1, 0.15) is 42.4 Å². The van der Waals surface area contributed by atoms with E-state index in [2.05, 4.69) is 53.4 Å². The first-order valence-electron chi connectivity index (χ1n) is 9.30. The van der Waals surface area contributed by atoms with Crippen LogP contribution in [0.25, 0.3) is 0 Å². The molecule has 2 aromatic rings. The molecule has 2 aliphatic rings. The Labute approximate surface area is 150 Å². The summed E-state index contributed by atoms with van der Waals surface area (Å²) in [5.41, 5.74) is 4.99. The topological polar surface area (TPSA) is 27.0 Å². The zero-order valence-corrected chi connectivity index (χ0v) is 14.6. The lowest BCUT2D eigenvalue weighted by molar-refractivity contribution is 0.0880. The zero-order valence-electron chi connectivity index (χ0n) is 14.6. The van der Waals surface area contributed by atoms with Crippen molar-refractivity contribution in [2.24, 2.45) is 0 Å². The second-order valence-electron chi connectivity index (χ2n) is 7.33. The van der Waals surface area contributed by atoms with Gasteiger partial charge in [-0.1, -0.05) is 60.5 Å². The second-order valence-corrected chi connectivity index (χ2v) is 7.33. The molecule has 0 aromatic heterocycles. The van der Waals surface area contributed by atoms with Gasteiger partial charge in [0.25, 0.3) is 0 Å². The zero-order chi connectivity index (χ0) is 17.1. The molecule has 0 saturated carbocycles. The molecular weight excluding hydrogens is 304 g/mol. The Morgan fingerprint density at radius 2 is 1.84 bits per heavy atom. The van der Waals surface area contributed by atoms with E-state index in [1.807, 2.05) is 18.2 Å². The van der Waals surface area contributed by atoms with Gasteiger partial charge in [0.1, 0.15) is 0 Å². The van der Waals surface area contributed by atoms with Crippen LogP contribution >= 0.6 is 0 Å². The van der Waals surface area contributed by atoms with Crippen LogP contribution in [0.3, 0.4) is 0 Å². The molecule has 0 amide bonds. The molecule has 0 aliphatic carbocycles. The predicted molar refractivity (Wildman–Crippen MR) is 101 cm³/mol. The average Bonchev–Trinajstić information content (AvgIpc) is 2.63. The Kier molecular flexibility index (Phi) is 4.68. The lowest BCUT2D eigenvalue weighted by Crippen LogP contribution is -2.48. The van der Waals surface area contributed by atoms with E-state index in [1.165, 1.54) is 36.8 Å². The molecule has 0 spiro atoms. The molecule has 2 atom stereocenters. The Hall–Kier alpha value is -2.37. The Morgan fingerprint density at radius 1 is 1.00 bits per heavy atom. The molecule has 2 unspecified atom stereocenters. The molecule has 4 rings (SSSR count). The van der Waals surface area contributed by atoms with E-state index in [0.717, 1.165) is 18.5 Å². The van der Waals surface area contributed by atoms with E-state index in [9.17, 15) is 0 Å². The maximum Gasteiger partial charge on any atom is 0.0991 e. The molecule has 1 fully saturated rings. The molecule has 2 aromatic carbocycles. The summed E-state index contributed by atoms with van der Waals surface area (Å²) in [5.74, 6) is 0. The standard InChI is InChI=1S/C23H24N2/c24-16-20-9-4-8-19(12-20)13-21-14-22-10-5-11-23(15-21)25(22)17-18-6-2-1-3-7-18/h1-4,6-9,12,14,22-23H,5,10-11,13,15,17H2. The van der Waals surface area contributed by atoms with Gasteiger partial charge in [-0.2, -0.15) is 5.26 Å². The van der Waals surface area contributed by atoms with Crippen molar-refractivity contribution in [1.29, 1.82) is 5.26 Å². The molecule has 0 radical (unpaired) electrons. The summed E-state index contributed by atoms with van der Waals surface area (Å²) in [7, 11) is 0. The van der Waals surface area contributed by atoms with Gasteiger partial charge in [-0.05, 0) is 48.9 Å². The fourth-order valence-electron chi connectivity index (χ4n) is 4.39. The highest BCUT2D eigenvalue weighted by molar-refractivity contribution is 5.35. The third-order valence-corrected chi connectivity index (χ3v) is 5.55. The number of hydrogen-bond acceptors (Lipinski definition) is 2. The van der Waals surface area contributed by atoms with Crippen LogP contribution in [0, 0.1) is 11.3 Å². The quantitative estimate of drug-likeness (QED) is 0.750. The Balaban J connectivity index is 1.51. The molecule has 0 N–H and O–H groups in total. The summed E-state index contributed by atoms with van der Waals surface area (Å²) in [6, 6.07) is 22.4. The second kappa shape index (κ2) is 7.25. The molecule has 1 saturated heterocycles. The minimum atomic E-state index is 0.571. The first kappa shape index (κ1) is 16.1. The van der Waals surface area contributed by atoms with Gasteiger partial charge < -0.3 is 0 Å². The first-order valence-corrected chi connectivity index (χ1v) is 9.30. The van der Waals surface area contributed by atoms with Gasteiger partial charge in [0.15, 0.2) is 0 Å². The van der Waals surface area contributed by atoms with Crippen LogP contribution in [-0.4, -0.2) is 17.0 Å². The lowest BCUT2D eigenvalue weighted by atomic mass is 9.83. The fraction of sp³-hybridized carbons (Fsp3) is 0.348. The monoisotopic (exact) mass is 328 g/mol. The molecule has 2 aliphatic heterocycles. The summed E-state index contributed by atoms with van der Waals surface area (Å²) < 4.78 is 0. The number of piperidine rings is 1. The van der Waals surface area contributed by atoms with Crippen molar-refractivity contribution in [3.05, 3.63) is 82.9 Å². The third kappa shape index (κ3) is 3.67. The number of fused-ring (bicyclic) bond motifs is 2. The van der Waals surface area contributed by atoms with Crippen molar-refractivity contribution < 1.29 is 0 Å². The summed E-state index contributed by atoms with van der Waals surface area (Å²) in [4.78, 5) is 2.70. The number of benzene rings is 2. The molecule has 2 nitrogen and oxygen atoms in total. The highest BCUT2D eigenvalue weighted by atomic mass is 15.2. The average molecular weight is 328 g/mol. The lowest BCUT2D eigenvalue weighted by Gasteiger charge is -2.45. The van der Waals surface area contributed by atoms with Crippen LogP contribution in [-0.2, 0) is 13.0 Å². The number of nitriles is 1. The molecular formula is C23H24N2. The van der Waals surface area contributed by atoms with Crippen molar-refractivity contribution in [2.45, 2.75) is 50.7 Å². The van der Waals surface area contributed by atoms with Gasteiger partial charge in [0, 0.05) is 18.6 Å². The van der Waals surface area contributed by atoms with Crippen LogP contribution in [0.4, 0.5) is 0 Å². The number of nitrogens with zero attached hydrogens (tertiary/aromatic N) is 2. The Morgan fingerprint density at radius 3 is 2.64 bits per heavy atom. The van der Waals surface area contributed by atoms with Crippen LogP contribution in [0.15, 0.2) is 66.2 Å². The minimum Gasteiger partial charge on any atom is -0.289 e. The van der Waals surface area contributed by atoms with Gasteiger partial charge in [0.2, 0.25) is 0 Å². The third-order valence-electron chi connectivity index (χ3n) is 5.55.